The molecule has 4 heteroatoms. The minimum Gasteiger partial charge on any atom is -0.392 e. The molecule has 14 heavy (non-hydrogen) atoms. The summed E-state index contributed by atoms with van der Waals surface area (Å²) in [6, 6.07) is 0.240. The lowest BCUT2D eigenvalue weighted by molar-refractivity contribution is 0.0242. The molecule has 0 aromatic carbocycles. The molecule has 4 nitrogen and oxygen atoms in total. The summed E-state index contributed by atoms with van der Waals surface area (Å²) in [5.74, 6) is 0. The zero-order valence-electron chi connectivity index (χ0n) is 9.03. The van der Waals surface area contributed by atoms with Crippen molar-refractivity contribution in [3.05, 3.63) is 0 Å². The van der Waals surface area contributed by atoms with Gasteiger partial charge in [0.15, 0.2) is 0 Å². The third kappa shape index (κ3) is 3.53. The largest absolute Gasteiger partial charge is 0.392 e. The number of hydrogen-bond donors (Lipinski definition) is 2. The Kier molecular flexibility index (Phi) is 5.40. The van der Waals surface area contributed by atoms with E-state index in [1.165, 1.54) is 0 Å². The summed E-state index contributed by atoms with van der Waals surface area (Å²) in [7, 11) is 3.34. The van der Waals surface area contributed by atoms with Crippen LogP contribution >= 0.6 is 0 Å². The number of methoxy groups -OCH3 is 2. The molecule has 3 atom stereocenters. The molecule has 2 N–H and O–H groups in total. The number of ether oxygens (including phenoxy) is 2. The molecule has 1 rings (SSSR count). The molecule has 0 aromatic heterocycles. The van der Waals surface area contributed by atoms with Crippen LogP contribution in [-0.2, 0) is 9.47 Å². The van der Waals surface area contributed by atoms with E-state index < -0.39 is 0 Å². The van der Waals surface area contributed by atoms with Crippen molar-refractivity contribution in [3.8, 4) is 0 Å². The van der Waals surface area contributed by atoms with Crippen LogP contribution < -0.4 is 5.32 Å². The Balaban J connectivity index is 2.17. The first-order valence-corrected chi connectivity index (χ1v) is 5.21. The molecule has 0 amide bonds. The Morgan fingerprint density at radius 2 is 2.21 bits per heavy atom. The highest BCUT2D eigenvalue weighted by molar-refractivity contribution is 4.83. The van der Waals surface area contributed by atoms with Gasteiger partial charge in [-0.2, -0.15) is 0 Å². The van der Waals surface area contributed by atoms with E-state index in [0.29, 0.717) is 6.61 Å². The first kappa shape index (κ1) is 11.9. The number of hydrogen-bond acceptors (Lipinski definition) is 4. The van der Waals surface area contributed by atoms with Crippen LogP contribution in [0.1, 0.15) is 19.3 Å². The Labute approximate surface area is 85.6 Å². The fourth-order valence-electron chi connectivity index (χ4n) is 1.86. The van der Waals surface area contributed by atoms with Gasteiger partial charge in [-0.25, -0.2) is 0 Å². The van der Waals surface area contributed by atoms with Crippen LogP contribution in [0.2, 0.25) is 0 Å². The number of aliphatic hydroxyl groups is 1. The smallest absolute Gasteiger partial charge is 0.0928 e. The second-order valence-electron chi connectivity index (χ2n) is 3.83. The van der Waals surface area contributed by atoms with Gasteiger partial charge in [0.2, 0.25) is 0 Å². The molecule has 1 aliphatic rings. The topological polar surface area (TPSA) is 50.7 Å². The quantitative estimate of drug-likeness (QED) is 0.645. The first-order valence-electron chi connectivity index (χ1n) is 5.21. The first-order chi connectivity index (χ1) is 6.77. The minimum atomic E-state index is -0.185. The summed E-state index contributed by atoms with van der Waals surface area (Å²) >= 11 is 0. The lowest BCUT2D eigenvalue weighted by Crippen LogP contribution is -2.41. The van der Waals surface area contributed by atoms with E-state index in [-0.39, 0.29) is 18.2 Å². The molecule has 0 bridgehead atoms. The van der Waals surface area contributed by atoms with Crippen molar-refractivity contribution in [2.45, 2.75) is 37.5 Å². The molecule has 0 heterocycles. The van der Waals surface area contributed by atoms with E-state index in [2.05, 4.69) is 5.32 Å². The third-order valence-electron chi connectivity index (χ3n) is 2.77. The van der Waals surface area contributed by atoms with Gasteiger partial charge >= 0.3 is 0 Å². The minimum absolute atomic E-state index is 0.0767. The van der Waals surface area contributed by atoms with Crippen molar-refractivity contribution >= 4 is 0 Å². The van der Waals surface area contributed by atoms with E-state index in [1.807, 2.05) is 0 Å². The van der Waals surface area contributed by atoms with Gasteiger partial charge in [0.25, 0.3) is 0 Å². The molecular weight excluding hydrogens is 182 g/mol. The van der Waals surface area contributed by atoms with Gasteiger partial charge in [0.1, 0.15) is 0 Å². The van der Waals surface area contributed by atoms with Gasteiger partial charge in [-0.05, 0) is 19.3 Å². The summed E-state index contributed by atoms with van der Waals surface area (Å²) < 4.78 is 10.2. The molecule has 1 saturated carbocycles. The van der Waals surface area contributed by atoms with Crippen LogP contribution in [0.5, 0.6) is 0 Å². The van der Waals surface area contributed by atoms with Crippen molar-refractivity contribution in [1.29, 1.82) is 0 Å². The molecule has 0 spiro atoms. The normalized spacial score (nSPS) is 29.4. The van der Waals surface area contributed by atoms with E-state index in [0.717, 1.165) is 25.8 Å². The highest BCUT2D eigenvalue weighted by atomic mass is 16.5. The molecule has 1 fully saturated rings. The fourth-order valence-corrected chi connectivity index (χ4v) is 1.86. The van der Waals surface area contributed by atoms with Crippen molar-refractivity contribution < 1.29 is 14.6 Å². The lowest BCUT2D eigenvalue weighted by atomic mass is 10.2. The van der Waals surface area contributed by atoms with Crippen LogP contribution in [0.25, 0.3) is 0 Å². The van der Waals surface area contributed by atoms with Crippen molar-refractivity contribution in [1.82, 2.24) is 5.32 Å². The zero-order chi connectivity index (χ0) is 10.4. The highest BCUT2D eigenvalue weighted by Gasteiger charge is 2.25. The zero-order valence-corrected chi connectivity index (χ0v) is 9.03. The monoisotopic (exact) mass is 203 g/mol. The standard InChI is InChI=1S/C10H21NO3/c1-13-7-8(14-2)6-11-9-4-3-5-10(9)12/h8-12H,3-7H2,1-2H3/t8?,9-,10-/m1/s1. The average molecular weight is 203 g/mol. The van der Waals surface area contributed by atoms with Gasteiger partial charge in [0, 0.05) is 26.8 Å². The van der Waals surface area contributed by atoms with Crippen LogP contribution in [0.3, 0.4) is 0 Å². The molecule has 1 aliphatic carbocycles. The molecule has 0 aliphatic heterocycles. The maximum absolute atomic E-state index is 9.57. The van der Waals surface area contributed by atoms with Crippen molar-refractivity contribution in [2.24, 2.45) is 0 Å². The summed E-state index contributed by atoms with van der Waals surface area (Å²) in [6.45, 7) is 1.33. The molecule has 84 valence electrons. The van der Waals surface area contributed by atoms with Crippen LogP contribution in [0, 0.1) is 0 Å². The molecule has 0 saturated heterocycles. The Hall–Kier alpha value is -0.160. The number of rotatable bonds is 6. The predicted molar refractivity (Wildman–Crippen MR) is 54.3 cm³/mol. The molecule has 0 radical (unpaired) electrons. The lowest BCUT2D eigenvalue weighted by Gasteiger charge is -2.20. The molecule has 1 unspecified atom stereocenters. The third-order valence-corrected chi connectivity index (χ3v) is 2.77. The molecule has 0 aromatic rings. The van der Waals surface area contributed by atoms with Gasteiger partial charge < -0.3 is 19.9 Å². The van der Waals surface area contributed by atoms with Crippen LogP contribution in [0.4, 0.5) is 0 Å². The molecular formula is C10H21NO3. The van der Waals surface area contributed by atoms with Gasteiger partial charge in [-0.3, -0.25) is 0 Å². The maximum Gasteiger partial charge on any atom is 0.0928 e. The van der Waals surface area contributed by atoms with E-state index in [1.54, 1.807) is 14.2 Å². The average Bonchev–Trinajstić information content (AvgIpc) is 2.59. The summed E-state index contributed by atoms with van der Waals surface area (Å²) in [4.78, 5) is 0. The summed E-state index contributed by atoms with van der Waals surface area (Å²) in [5, 5.41) is 12.9. The second-order valence-corrected chi connectivity index (χ2v) is 3.83. The summed E-state index contributed by atoms with van der Waals surface area (Å²) in [5.41, 5.74) is 0. The fraction of sp³-hybridized carbons (Fsp3) is 1.00. The second kappa shape index (κ2) is 6.35. The number of aliphatic hydroxyl groups excluding tert-OH is 1. The van der Waals surface area contributed by atoms with E-state index in [4.69, 9.17) is 9.47 Å². The van der Waals surface area contributed by atoms with E-state index >= 15 is 0 Å². The highest BCUT2D eigenvalue weighted by Crippen LogP contribution is 2.18. The Morgan fingerprint density at radius 3 is 2.71 bits per heavy atom. The van der Waals surface area contributed by atoms with E-state index in [9.17, 15) is 5.11 Å². The van der Waals surface area contributed by atoms with Gasteiger partial charge in [-0.1, -0.05) is 0 Å². The Bertz CT molecular complexity index is 154. The van der Waals surface area contributed by atoms with Crippen LogP contribution in [-0.4, -0.2) is 50.7 Å². The maximum atomic E-state index is 9.57. The van der Waals surface area contributed by atoms with Crippen molar-refractivity contribution in [2.75, 3.05) is 27.4 Å². The van der Waals surface area contributed by atoms with Crippen LogP contribution in [0.15, 0.2) is 0 Å². The van der Waals surface area contributed by atoms with Gasteiger partial charge in [0.05, 0.1) is 18.8 Å². The summed E-state index contributed by atoms with van der Waals surface area (Å²) in [6.07, 6.45) is 2.98. The number of nitrogens with one attached hydrogen (secondary N) is 1. The SMILES string of the molecule is COCC(CN[C@@H]1CCC[C@H]1O)OC. The predicted octanol–water partition coefficient (Wildman–Crippen LogP) is 0.151. The van der Waals surface area contributed by atoms with Crippen molar-refractivity contribution in [3.63, 3.8) is 0 Å². The Morgan fingerprint density at radius 1 is 1.43 bits per heavy atom. The van der Waals surface area contributed by atoms with Gasteiger partial charge in [-0.15, -0.1) is 0 Å².